The third-order valence-corrected chi connectivity index (χ3v) is 7.76. The van der Waals surface area contributed by atoms with Crippen LogP contribution in [-0.2, 0) is 4.79 Å². The minimum absolute atomic E-state index is 0.0303. The van der Waals surface area contributed by atoms with Crippen LogP contribution in [0, 0.1) is 16.7 Å². The molecule has 0 bridgehead atoms. The number of benzene rings is 1. The van der Waals surface area contributed by atoms with Crippen LogP contribution in [0.4, 0.5) is 5.13 Å². The summed E-state index contributed by atoms with van der Waals surface area (Å²) in [5.41, 5.74) is 8.97. The van der Waals surface area contributed by atoms with Gasteiger partial charge in [-0.3, -0.25) is 9.69 Å². The van der Waals surface area contributed by atoms with E-state index in [0.717, 1.165) is 15.6 Å². The Hall–Kier alpha value is -2.34. The Morgan fingerprint density at radius 3 is 2.59 bits per heavy atom. The van der Waals surface area contributed by atoms with Crippen molar-refractivity contribution in [3.63, 3.8) is 0 Å². The summed E-state index contributed by atoms with van der Waals surface area (Å²) in [6.07, 6.45) is 1.05. The van der Waals surface area contributed by atoms with Crippen molar-refractivity contribution in [2.24, 2.45) is 11.1 Å². The van der Waals surface area contributed by atoms with E-state index < -0.39 is 5.92 Å². The smallest absolute Gasteiger partial charge is 0.219 e. The second-order valence-corrected chi connectivity index (χ2v) is 12.3. The maximum Gasteiger partial charge on any atom is 0.219 e. The molecule has 2 aliphatic rings. The molecule has 1 unspecified atom stereocenters. The first kappa shape index (κ1) is 22.8. The average molecular weight is 486 g/mol. The Morgan fingerprint density at radius 2 is 1.97 bits per heavy atom. The number of Topliss-reactive ketones (excluding diaryl/α,β-unsaturated/α-hetero) is 1. The van der Waals surface area contributed by atoms with Gasteiger partial charge in [0.05, 0.1) is 17.6 Å². The van der Waals surface area contributed by atoms with Gasteiger partial charge >= 0.3 is 0 Å². The molecule has 0 amide bonds. The highest BCUT2D eigenvalue weighted by Gasteiger charge is 2.45. The molecule has 4 rings (SSSR count). The summed E-state index contributed by atoms with van der Waals surface area (Å²) in [5.74, 6) is -0.193. The molecule has 1 aromatic heterocycles. The number of nitriles is 1. The molecule has 2 aromatic rings. The van der Waals surface area contributed by atoms with E-state index in [9.17, 15) is 10.1 Å². The largest absolute Gasteiger partial charge is 0.384 e. The normalized spacial score (nSPS) is 20.6. The number of carbonyl (C=O) groups is 1. The van der Waals surface area contributed by atoms with Crippen molar-refractivity contribution >= 4 is 45.6 Å². The summed E-state index contributed by atoms with van der Waals surface area (Å²) in [6.45, 7) is 8.33. The minimum atomic E-state index is -0.524. The van der Waals surface area contributed by atoms with E-state index >= 15 is 0 Å². The second kappa shape index (κ2) is 8.54. The van der Waals surface area contributed by atoms with Gasteiger partial charge in [-0.1, -0.05) is 74.5 Å². The van der Waals surface area contributed by atoms with E-state index in [1.165, 1.54) is 11.3 Å². The Kier molecular flexibility index (Phi) is 6.10. The molecular formula is C23H24ClN5OS2. The molecule has 2 heterocycles. The van der Waals surface area contributed by atoms with E-state index in [1.807, 2.05) is 12.1 Å². The SMILES string of the molecule is CC(C)Sc1nnc(N2C(N)=C(C#N)C(c3ccc(Cl)cc3)C3=C2CC(C)(C)CC3=O)s1. The number of thioether (sulfide) groups is 1. The highest BCUT2D eigenvalue weighted by atomic mass is 35.5. The molecule has 166 valence electrons. The zero-order valence-corrected chi connectivity index (χ0v) is 20.7. The first-order chi connectivity index (χ1) is 15.1. The summed E-state index contributed by atoms with van der Waals surface area (Å²) in [7, 11) is 0. The molecule has 0 radical (unpaired) electrons. The van der Waals surface area contributed by atoms with Gasteiger partial charge in [-0.05, 0) is 29.5 Å². The predicted molar refractivity (Wildman–Crippen MR) is 129 cm³/mol. The molecule has 0 fully saturated rings. The number of ketones is 1. The van der Waals surface area contributed by atoms with Crippen LogP contribution in [0.3, 0.4) is 0 Å². The molecule has 1 aliphatic carbocycles. The number of anilines is 1. The highest BCUT2D eigenvalue weighted by Crippen LogP contribution is 2.50. The summed E-state index contributed by atoms with van der Waals surface area (Å²) in [4.78, 5) is 15.2. The van der Waals surface area contributed by atoms with E-state index in [0.29, 0.717) is 45.2 Å². The Bertz CT molecular complexity index is 1170. The Morgan fingerprint density at radius 1 is 1.28 bits per heavy atom. The molecule has 1 aliphatic heterocycles. The third-order valence-electron chi connectivity index (χ3n) is 5.51. The van der Waals surface area contributed by atoms with Gasteiger partial charge in [0.15, 0.2) is 10.1 Å². The monoisotopic (exact) mass is 485 g/mol. The number of allylic oxidation sites excluding steroid dienone is 3. The van der Waals surface area contributed by atoms with E-state index in [4.69, 9.17) is 17.3 Å². The molecule has 0 spiro atoms. The van der Waals surface area contributed by atoms with Gasteiger partial charge < -0.3 is 5.73 Å². The van der Waals surface area contributed by atoms with Crippen molar-refractivity contribution in [3.8, 4) is 6.07 Å². The van der Waals surface area contributed by atoms with Crippen LogP contribution < -0.4 is 10.6 Å². The van der Waals surface area contributed by atoms with Gasteiger partial charge in [0.25, 0.3) is 0 Å². The van der Waals surface area contributed by atoms with Crippen molar-refractivity contribution in [3.05, 3.63) is 57.5 Å². The molecule has 2 N–H and O–H groups in total. The minimum Gasteiger partial charge on any atom is -0.384 e. The van der Waals surface area contributed by atoms with Gasteiger partial charge in [-0.15, -0.1) is 10.2 Å². The van der Waals surface area contributed by atoms with E-state index in [1.54, 1.807) is 28.8 Å². The molecule has 0 saturated heterocycles. The number of hydrogen-bond donors (Lipinski definition) is 1. The zero-order chi connectivity index (χ0) is 23.2. The molecular weight excluding hydrogens is 462 g/mol. The van der Waals surface area contributed by atoms with Gasteiger partial charge in [-0.2, -0.15) is 5.26 Å². The van der Waals surface area contributed by atoms with Gasteiger partial charge in [0.1, 0.15) is 5.82 Å². The van der Waals surface area contributed by atoms with E-state index in [2.05, 4.69) is 44.0 Å². The fraction of sp³-hybridized carbons (Fsp3) is 0.391. The highest BCUT2D eigenvalue weighted by molar-refractivity contribution is 8.01. The lowest BCUT2D eigenvalue weighted by molar-refractivity contribution is -0.118. The lowest BCUT2D eigenvalue weighted by Gasteiger charge is -2.42. The number of rotatable bonds is 4. The molecule has 32 heavy (non-hydrogen) atoms. The fourth-order valence-corrected chi connectivity index (χ4v) is 6.49. The van der Waals surface area contributed by atoms with E-state index in [-0.39, 0.29) is 11.2 Å². The Labute approximate surface area is 201 Å². The second-order valence-electron chi connectivity index (χ2n) is 9.05. The lowest BCUT2D eigenvalue weighted by atomic mass is 9.69. The van der Waals surface area contributed by atoms with Gasteiger partial charge in [0, 0.05) is 28.0 Å². The fourth-order valence-electron chi connectivity index (χ4n) is 4.26. The van der Waals surface area contributed by atoms with Crippen LogP contribution in [0.5, 0.6) is 0 Å². The molecule has 1 aromatic carbocycles. The number of aromatic nitrogens is 2. The topological polar surface area (TPSA) is 95.9 Å². The van der Waals surface area contributed by atoms with Crippen molar-refractivity contribution in [1.82, 2.24) is 10.2 Å². The molecule has 1 atom stereocenters. The van der Waals surface area contributed by atoms with Gasteiger partial charge in [-0.25, -0.2) is 0 Å². The number of carbonyl (C=O) groups excluding carboxylic acids is 1. The number of nitrogens with zero attached hydrogens (tertiary/aromatic N) is 4. The number of nitrogens with two attached hydrogens (primary N) is 1. The summed E-state index contributed by atoms with van der Waals surface area (Å²) in [5, 5.41) is 20.3. The van der Waals surface area contributed by atoms with Crippen LogP contribution in [0.2, 0.25) is 5.02 Å². The van der Waals surface area contributed by atoms with Crippen LogP contribution in [0.1, 0.15) is 52.0 Å². The van der Waals surface area contributed by atoms with Crippen molar-refractivity contribution in [2.45, 2.75) is 56.0 Å². The van der Waals surface area contributed by atoms with Gasteiger partial charge in [0.2, 0.25) is 5.13 Å². The van der Waals surface area contributed by atoms with Crippen LogP contribution in [0.15, 0.2) is 51.3 Å². The summed E-state index contributed by atoms with van der Waals surface area (Å²) in [6, 6.07) is 9.52. The average Bonchev–Trinajstić information content (AvgIpc) is 3.14. The third kappa shape index (κ3) is 4.17. The van der Waals surface area contributed by atoms with Crippen LogP contribution in [-0.4, -0.2) is 21.2 Å². The summed E-state index contributed by atoms with van der Waals surface area (Å²) >= 11 is 9.13. The molecule has 6 nitrogen and oxygen atoms in total. The molecule has 0 saturated carbocycles. The maximum absolute atomic E-state index is 13.5. The maximum atomic E-state index is 13.5. The quantitative estimate of drug-likeness (QED) is 0.560. The van der Waals surface area contributed by atoms with Crippen molar-refractivity contribution in [1.29, 1.82) is 5.26 Å². The predicted octanol–water partition coefficient (Wildman–Crippen LogP) is 5.63. The van der Waals surface area contributed by atoms with Crippen LogP contribution >= 0.6 is 34.7 Å². The number of hydrogen-bond acceptors (Lipinski definition) is 8. The van der Waals surface area contributed by atoms with Crippen LogP contribution in [0.25, 0.3) is 0 Å². The first-order valence-corrected chi connectivity index (χ1v) is 12.4. The lowest BCUT2D eigenvalue weighted by Crippen LogP contribution is -2.42. The standard InChI is InChI=1S/C23H24ClN5OS2/c1-12(2)31-22-28-27-21(32-22)29-16-9-23(3,4)10-17(30)19(16)18(15(11-25)20(29)26)13-5-7-14(24)8-6-13/h5-8,12,18H,9-10,26H2,1-4H3. The zero-order valence-electron chi connectivity index (χ0n) is 18.3. The Balaban J connectivity index is 1.92. The molecule has 9 heteroatoms. The summed E-state index contributed by atoms with van der Waals surface area (Å²) < 4.78 is 0.824. The van der Waals surface area contributed by atoms with Crippen molar-refractivity contribution in [2.75, 3.05) is 4.90 Å². The first-order valence-electron chi connectivity index (χ1n) is 10.3. The van der Waals surface area contributed by atoms with Crippen molar-refractivity contribution < 1.29 is 4.79 Å². The number of halogens is 1.